The molecule has 0 N–H and O–H groups in total. The second-order valence-electron chi connectivity index (χ2n) is 2.63. The zero-order valence-electron chi connectivity index (χ0n) is 6.29. The van der Waals surface area contributed by atoms with Crippen LogP contribution in [-0.2, 0) is 14.3 Å². The molecular weight excluding hydrogens is 132 g/mol. The van der Waals surface area contributed by atoms with Gasteiger partial charge in [0.2, 0.25) is 0 Å². The van der Waals surface area contributed by atoms with E-state index in [-0.39, 0.29) is 5.97 Å². The Labute approximate surface area is 60.3 Å². The normalized spacial score (nSPS) is 25.6. The number of carbonyl (C=O) groups is 1. The number of esters is 1. The maximum atomic E-state index is 10.7. The summed E-state index contributed by atoms with van der Waals surface area (Å²) in [7, 11) is 1.41. The van der Waals surface area contributed by atoms with Crippen molar-refractivity contribution in [3.05, 3.63) is 0 Å². The number of hydrogen-bond donors (Lipinski definition) is 0. The molecule has 1 aliphatic heterocycles. The van der Waals surface area contributed by atoms with Crippen LogP contribution in [0.25, 0.3) is 0 Å². The van der Waals surface area contributed by atoms with Crippen LogP contribution < -0.4 is 0 Å². The fraction of sp³-hybridized carbons (Fsp3) is 0.857. The molecule has 1 rings (SSSR count). The predicted octanol–water partition coefficient (Wildman–Crippen LogP) is 0.584. The average molecular weight is 144 g/mol. The molecule has 1 heterocycles. The summed E-state index contributed by atoms with van der Waals surface area (Å²) in [6.45, 7) is 2.80. The van der Waals surface area contributed by atoms with Gasteiger partial charge in [0.15, 0.2) is 0 Å². The zero-order chi connectivity index (χ0) is 7.56. The van der Waals surface area contributed by atoms with Gasteiger partial charge in [-0.1, -0.05) is 6.92 Å². The van der Waals surface area contributed by atoms with Gasteiger partial charge < -0.3 is 9.47 Å². The minimum absolute atomic E-state index is 0.150. The quantitative estimate of drug-likeness (QED) is 0.429. The highest BCUT2D eigenvalue weighted by Gasteiger charge is 2.30. The van der Waals surface area contributed by atoms with Gasteiger partial charge >= 0.3 is 5.97 Å². The smallest absolute Gasteiger partial charge is 0.305 e. The molecule has 0 bridgehead atoms. The molecule has 0 spiro atoms. The molecule has 0 radical (unpaired) electrons. The summed E-state index contributed by atoms with van der Waals surface area (Å²) in [4.78, 5) is 10.7. The molecule has 0 aromatic heterocycles. The lowest BCUT2D eigenvalue weighted by molar-refractivity contribution is -0.141. The van der Waals surface area contributed by atoms with Crippen LogP contribution in [0.2, 0.25) is 0 Å². The molecular formula is C7H12O3. The molecule has 3 nitrogen and oxygen atoms in total. The van der Waals surface area contributed by atoms with E-state index in [1.54, 1.807) is 0 Å². The molecule has 0 aromatic carbocycles. The summed E-state index contributed by atoms with van der Waals surface area (Å²) in [6, 6.07) is 0. The maximum Gasteiger partial charge on any atom is 0.305 e. The van der Waals surface area contributed by atoms with Crippen molar-refractivity contribution in [1.29, 1.82) is 0 Å². The Morgan fingerprint density at radius 1 is 1.90 bits per heavy atom. The van der Waals surface area contributed by atoms with Gasteiger partial charge in [0.1, 0.15) is 0 Å². The van der Waals surface area contributed by atoms with Gasteiger partial charge in [-0.15, -0.1) is 0 Å². The van der Waals surface area contributed by atoms with Gasteiger partial charge in [-0.05, 0) is 5.92 Å². The van der Waals surface area contributed by atoms with Crippen molar-refractivity contribution in [1.82, 2.24) is 0 Å². The van der Waals surface area contributed by atoms with Crippen LogP contribution in [0.3, 0.4) is 0 Å². The van der Waals surface area contributed by atoms with E-state index >= 15 is 0 Å². The summed E-state index contributed by atoms with van der Waals surface area (Å²) in [5, 5.41) is 0. The summed E-state index contributed by atoms with van der Waals surface area (Å²) < 4.78 is 9.51. The maximum absolute atomic E-state index is 10.7. The largest absolute Gasteiger partial charge is 0.469 e. The number of ether oxygens (including phenoxy) is 2. The third-order valence-corrected chi connectivity index (χ3v) is 1.71. The van der Waals surface area contributed by atoms with E-state index in [1.807, 2.05) is 6.92 Å². The summed E-state index contributed by atoms with van der Waals surface area (Å²) in [5.41, 5.74) is 0. The Balaban J connectivity index is 2.16. The van der Waals surface area contributed by atoms with E-state index in [4.69, 9.17) is 4.74 Å². The molecule has 1 saturated heterocycles. The number of methoxy groups -OCH3 is 1. The number of epoxide rings is 1. The van der Waals surface area contributed by atoms with Crippen molar-refractivity contribution < 1.29 is 14.3 Å². The molecule has 58 valence electrons. The molecule has 0 unspecified atom stereocenters. The number of rotatable bonds is 3. The fourth-order valence-electron chi connectivity index (χ4n) is 0.862. The highest BCUT2D eigenvalue weighted by atomic mass is 16.6. The van der Waals surface area contributed by atoms with Crippen LogP contribution in [0.5, 0.6) is 0 Å². The first-order chi connectivity index (χ1) is 4.74. The molecule has 0 saturated carbocycles. The van der Waals surface area contributed by atoms with Gasteiger partial charge in [0.25, 0.3) is 0 Å². The molecule has 0 amide bonds. The Hall–Kier alpha value is -0.570. The summed E-state index contributed by atoms with van der Waals surface area (Å²) >= 11 is 0. The van der Waals surface area contributed by atoms with Crippen LogP contribution in [-0.4, -0.2) is 25.8 Å². The fourth-order valence-corrected chi connectivity index (χ4v) is 0.862. The molecule has 2 atom stereocenters. The first-order valence-electron chi connectivity index (χ1n) is 3.42. The first kappa shape index (κ1) is 7.54. The molecule has 1 aliphatic rings. The van der Waals surface area contributed by atoms with E-state index in [2.05, 4.69) is 4.74 Å². The topological polar surface area (TPSA) is 38.8 Å². The molecule has 0 aliphatic carbocycles. The van der Waals surface area contributed by atoms with Crippen LogP contribution in [0.4, 0.5) is 0 Å². The zero-order valence-corrected chi connectivity index (χ0v) is 6.29. The second-order valence-corrected chi connectivity index (χ2v) is 2.63. The third-order valence-electron chi connectivity index (χ3n) is 1.71. The van der Waals surface area contributed by atoms with E-state index < -0.39 is 0 Å². The Kier molecular flexibility index (Phi) is 2.27. The Morgan fingerprint density at radius 3 is 2.90 bits per heavy atom. The number of carbonyl (C=O) groups excluding carboxylic acids is 1. The molecule has 1 fully saturated rings. The van der Waals surface area contributed by atoms with E-state index in [9.17, 15) is 4.79 Å². The summed E-state index contributed by atoms with van der Waals surface area (Å²) in [6.07, 6.45) is 0.778. The molecule has 10 heavy (non-hydrogen) atoms. The van der Waals surface area contributed by atoms with Crippen molar-refractivity contribution in [3.63, 3.8) is 0 Å². The average Bonchev–Trinajstić information content (AvgIpc) is 2.68. The Bertz CT molecular complexity index is 129. The third kappa shape index (κ3) is 1.99. The monoisotopic (exact) mass is 144 g/mol. The van der Waals surface area contributed by atoms with E-state index in [0.717, 1.165) is 6.61 Å². The van der Waals surface area contributed by atoms with Gasteiger partial charge in [0, 0.05) is 0 Å². The van der Waals surface area contributed by atoms with Gasteiger partial charge in [-0.3, -0.25) is 4.79 Å². The van der Waals surface area contributed by atoms with E-state index in [0.29, 0.717) is 18.4 Å². The minimum Gasteiger partial charge on any atom is -0.469 e. The van der Waals surface area contributed by atoms with Crippen LogP contribution >= 0.6 is 0 Å². The first-order valence-corrected chi connectivity index (χ1v) is 3.42. The highest BCUT2D eigenvalue weighted by molar-refractivity contribution is 5.69. The van der Waals surface area contributed by atoms with Crippen molar-refractivity contribution >= 4 is 5.97 Å². The lowest BCUT2D eigenvalue weighted by atomic mass is 10.1. The van der Waals surface area contributed by atoms with Crippen LogP contribution in [0, 0.1) is 5.92 Å². The lowest BCUT2D eigenvalue weighted by Crippen LogP contribution is -2.11. The molecule has 3 heteroatoms. The SMILES string of the molecule is COC(=O)C[C@@H](C)[C@@H]1CO1. The number of hydrogen-bond acceptors (Lipinski definition) is 3. The van der Waals surface area contributed by atoms with Crippen molar-refractivity contribution in [2.45, 2.75) is 19.4 Å². The second kappa shape index (κ2) is 3.01. The highest BCUT2D eigenvalue weighted by Crippen LogP contribution is 2.22. The van der Waals surface area contributed by atoms with Crippen LogP contribution in [0.15, 0.2) is 0 Å². The molecule has 0 aromatic rings. The standard InChI is InChI=1S/C7H12O3/c1-5(6-4-10-6)3-7(8)9-2/h5-6H,3-4H2,1-2H3/t5-,6+/m1/s1. The van der Waals surface area contributed by atoms with Crippen LogP contribution in [0.1, 0.15) is 13.3 Å². The van der Waals surface area contributed by atoms with Crippen molar-refractivity contribution in [2.75, 3.05) is 13.7 Å². The van der Waals surface area contributed by atoms with Gasteiger partial charge in [-0.2, -0.15) is 0 Å². The predicted molar refractivity (Wildman–Crippen MR) is 35.5 cm³/mol. The minimum atomic E-state index is -0.150. The van der Waals surface area contributed by atoms with Crippen molar-refractivity contribution in [3.8, 4) is 0 Å². The summed E-state index contributed by atoms with van der Waals surface area (Å²) in [5.74, 6) is 0.162. The lowest BCUT2D eigenvalue weighted by Gasteiger charge is -2.04. The van der Waals surface area contributed by atoms with Crippen molar-refractivity contribution in [2.24, 2.45) is 5.92 Å². The van der Waals surface area contributed by atoms with E-state index in [1.165, 1.54) is 7.11 Å². The Morgan fingerprint density at radius 2 is 2.50 bits per heavy atom. The van der Waals surface area contributed by atoms with Gasteiger partial charge in [0.05, 0.1) is 26.2 Å². The van der Waals surface area contributed by atoms with Gasteiger partial charge in [-0.25, -0.2) is 0 Å².